The number of carbonyl (C=O) groups is 1. The molecule has 0 aliphatic rings. The minimum Gasteiger partial charge on any atom is -0.394 e. The molecule has 0 unspecified atom stereocenters. The molecule has 1 amide bonds. The van der Waals surface area contributed by atoms with Gasteiger partial charge in [0, 0.05) is 18.7 Å². The first kappa shape index (κ1) is 26.3. The van der Waals surface area contributed by atoms with Crippen LogP contribution in [0.4, 0.5) is 0 Å². The average molecular weight is 478 g/mol. The van der Waals surface area contributed by atoms with E-state index in [1.54, 1.807) is 19.1 Å². The number of hydrogen-bond donors (Lipinski definition) is 5. The standard InChI is InChI=1S/C20H27Cl3N4O3/c1-3-4-17(26-12-14-5-6-15(21)16(22)11-14)27-20(29)18(13(2)19(23)24)25-7-9-30-10-8-28/h4-6,11,24-26,28H,3,7-10,12H2,1-2H3,(H,27,29)/b17-4+,18-13-,24-19?. The molecule has 7 nitrogen and oxygen atoms in total. The second kappa shape index (κ2) is 14.3. The van der Waals surface area contributed by atoms with Crippen molar-refractivity contribution in [3.63, 3.8) is 0 Å². The van der Waals surface area contributed by atoms with Gasteiger partial charge >= 0.3 is 0 Å². The van der Waals surface area contributed by atoms with Gasteiger partial charge in [-0.25, -0.2) is 0 Å². The van der Waals surface area contributed by atoms with Gasteiger partial charge in [-0.05, 0) is 37.1 Å². The molecule has 0 aliphatic carbocycles. The molecule has 0 saturated heterocycles. The zero-order valence-electron chi connectivity index (χ0n) is 16.9. The van der Waals surface area contributed by atoms with Crippen molar-refractivity contribution < 1.29 is 14.6 Å². The number of hydrogen-bond acceptors (Lipinski definition) is 6. The first-order valence-electron chi connectivity index (χ1n) is 9.37. The Labute approximate surface area is 191 Å². The topological polar surface area (TPSA) is 106 Å². The highest BCUT2D eigenvalue weighted by molar-refractivity contribution is 6.68. The summed E-state index contributed by atoms with van der Waals surface area (Å²) in [5.74, 6) is 0.0692. The van der Waals surface area contributed by atoms with Crippen LogP contribution in [-0.2, 0) is 16.1 Å². The first-order chi connectivity index (χ1) is 14.3. The molecule has 0 aromatic heterocycles. The van der Waals surface area contributed by atoms with Crippen LogP contribution >= 0.6 is 34.8 Å². The predicted octanol–water partition coefficient (Wildman–Crippen LogP) is 3.54. The van der Waals surface area contributed by atoms with Crippen molar-refractivity contribution in [2.75, 3.05) is 26.4 Å². The van der Waals surface area contributed by atoms with Crippen molar-refractivity contribution in [2.45, 2.75) is 26.8 Å². The molecule has 1 aromatic rings. The number of aliphatic hydroxyl groups is 1. The van der Waals surface area contributed by atoms with Gasteiger partial charge in [0.25, 0.3) is 5.91 Å². The number of benzene rings is 1. The summed E-state index contributed by atoms with van der Waals surface area (Å²) in [5, 5.41) is 26.0. The third-order valence-electron chi connectivity index (χ3n) is 3.84. The lowest BCUT2D eigenvalue weighted by molar-refractivity contribution is -0.117. The number of rotatable bonds is 13. The summed E-state index contributed by atoms with van der Waals surface area (Å²) in [6.07, 6.45) is 2.52. The van der Waals surface area contributed by atoms with Gasteiger partial charge in [0.2, 0.25) is 0 Å². The molecular weight excluding hydrogens is 451 g/mol. The first-order valence-corrected chi connectivity index (χ1v) is 10.5. The summed E-state index contributed by atoms with van der Waals surface area (Å²) in [6, 6.07) is 5.30. The molecule has 0 bridgehead atoms. The zero-order valence-corrected chi connectivity index (χ0v) is 19.2. The minimum absolute atomic E-state index is 0.0792. The highest BCUT2D eigenvalue weighted by Gasteiger charge is 2.16. The molecule has 0 fully saturated rings. The van der Waals surface area contributed by atoms with Gasteiger partial charge in [0.1, 0.15) is 16.7 Å². The van der Waals surface area contributed by atoms with Crippen molar-refractivity contribution in [1.82, 2.24) is 16.0 Å². The fourth-order valence-electron chi connectivity index (χ4n) is 2.31. The van der Waals surface area contributed by atoms with Crippen molar-refractivity contribution in [3.8, 4) is 0 Å². The third-order valence-corrected chi connectivity index (χ3v) is 4.86. The summed E-state index contributed by atoms with van der Waals surface area (Å²) >= 11 is 17.8. The quantitative estimate of drug-likeness (QED) is 0.170. The van der Waals surface area contributed by atoms with Crippen LogP contribution in [0.15, 0.2) is 41.4 Å². The van der Waals surface area contributed by atoms with E-state index in [-0.39, 0.29) is 30.7 Å². The average Bonchev–Trinajstić information content (AvgIpc) is 2.70. The van der Waals surface area contributed by atoms with Crippen LogP contribution in [0.3, 0.4) is 0 Å². The van der Waals surface area contributed by atoms with Gasteiger partial charge in [0.15, 0.2) is 0 Å². The molecule has 0 heterocycles. The maximum absolute atomic E-state index is 12.8. The normalized spacial score (nSPS) is 12.3. The Hall–Kier alpha value is -1.77. The van der Waals surface area contributed by atoms with E-state index in [1.807, 2.05) is 19.1 Å². The summed E-state index contributed by atoms with van der Waals surface area (Å²) in [5.41, 5.74) is 1.37. The number of nitrogens with one attached hydrogen (secondary N) is 4. The molecule has 0 radical (unpaired) electrons. The predicted molar refractivity (Wildman–Crippen MR) is 122 cm³/mol. The molecule has 0 spiro atoms. The molecule has 5 N–H and O–H groups in total. The minimum atomic E-state index is -0.443. The molecule has 1 rings (SSSR count). The second-order valence-electron chi connectivity index (χ2n) is 6.16. The number of ether oxygens (including phenoxy) is 1. The number of amides is 1. The molecule has 0 atom stereocenters. The van der Waals surface area contributed by atoms with E-state index in [2.05, 4.69) is 16.0 Å². The van der Waals surface area contributed by atoms with E-state index in [4.69, 9.17) is 50.1 Å². The molecular formula is C20H27Cl3N4O3. The van der Waals surface area contributed by atoms with Gasteiger partial charge in [-0.2, -0.15) is 0 Å². The Kier molecular flexibility index (Phi) is 12.5. The van der Waals surface area contributed by atoms with E-state index in [0.717, 1.165) is 5.56 Å². The molecule has 10 heteroatoms. The Morgan fingerprint density at radius 2 is 1.97 bits per heavy atom. The molecule has 0 saturated carbocycles. The van der Waals surface area contributed by atoms with Gasteiger partial charge in [-0.1, -0.05) is 47.8 Å². The van der Waals surface area contributed by atoms with Gasteiger partial charge in [-0.3, -0.25) is 10.2 Å². The number of allylic oxidation sites excluding steroid dienone is 2. The fourth-order valence-corrected chi connectivity index (χ4v) is 2.73. The zero-order chi connectivity index (χ0) is 22.5. The maximum atomic E-state index is 12.8. The fraction of sp³-hybridized carbons (Fsp3) is 0.400. The molecule has 1 aromatic carbocycles. The van der Waals surface area contributed by atoms with Gasteiger partial charge in [-0.15, -0.1) is 0 Å². The van der Waals surface area contributed by atoms with Gasteiger partial charge in [0.05, 0.1) is 29.9 Å². The van der Waals surface area contributed by atoms with Crippen LogP contribution in [0.25, 0.3) is 0 Å². The van der Waals surface area contributed by atoms with Crippen LogP contribution in [0.5, 0.6) is 0 Å². The van der Waals surface area contributed by atoms with Gasteiger partial charge < -0.3 is 25.8 Å². The SMILES string of the molecule is CC/C=C(\NCc1ccc(Cl)c(Cl)c1)NC(=O)/C(NCCOCCO)=C(\C)C(=N)Cl. The maximum Gasteiger partial charge on any atom is 0.273 e. The van der Waals surface area contributed by atoms with Crippen molar-refractivity contribution >= 4 is 45.9 Å². The van der Waals surface area contributed by atoms with Crippen molar-refractivity contribution in [1.29, 1.82) is 5.41 Å². The number of aliphatic hydroxyl groups excluding tert-OH is 1. The number of halogens is 3. The van der Waals surface area contributed by atoms with Crippen LogP contribution in [-0.4, -0.2) is 42.5 Å². The lowest BCUT2D eigenvalue weighted by Gasteiger charge is -2.17. The highest BCUT2D eigenvalue weighted by Crippen LogP contribution is 2.22. The molecule has 30 heavy (non-hydrogen) atoms. The summed E-state index contributed by atoms with van der Waals surface area (Å²) in [6.45, 7) is 4.68. The van der Waals surface area contributed by atoms with E-state index >= 15 is 0 Å². The van der Waals surface area contributed by atoms with Crippen molar-refractivity contribution in [3.05, 3.63) is 57.0 Å². The lowest BCUT2D eigenvalue weighted by atomic mass is 10.2. The Morgan fingerprint density at radius 3 is 2.57 bits per heavy atom. The largest absolute Gasteiger partial charge is 0.394 e. The smallest absolute Gasteiger partial charge is 0.273 e. The molecule has 166 valence electrons. The van der Waals surface area contributed by atoms with E-state index in [0.29, 0.717) is 40.9 Å². The van der Waals surface area contributed by atoms with E-state index in [9.17, 15) is 4.79 Å². The highest BCUT2D eigenvalue weighted by atomic mass is 35.5. The lowest BCUT2D eigenvalue weighted by Crippen LogP contribution is -2.38. The summed E-state index contributed by atoms with van der Waals surface area (Å²) < 4.78 is 5.18. The Bertz CT molecular complexity index is 798. The monoisotopic (exact) mass is 476 g/mol. The second-order valence-corrected chi connectivity index (χ2v) is 7.35. The summed E-state index contributed by atoms with van der Waals surface area (Å²) in [7, 11) is 0. The van der Waals surface area contributed by atoms with Crippen LogP contribution in [0.2, 0.25) is 10.0 Å². The Balaban J connectivity index is 2.82. The van der Waals surface area contributed by atoms with Crippen LogP contribution < -0.4 is 16.0 Å². The van der Waals surface area contributed by atoms with Crippen molar-refractivity contribution in [2.24, 2.45) is 0 Å². The van der Waals surface area contributed by atoms with E-state index < -0.39 is 5.91 Å². The van der Waals surface area contributed by atoms with E-state index in [1.165, 1.54) is 0 Å². The Morgan fingerprint density at radius 1 is 1.23 bits per heavy atom. The molecule has 0 aliphatic heterocycles. The third kappa shape index (κ3) is 9.36. The van der Waals surface area contributed by atoms with Crippen LogP contribution in [0.1, 0.15) is 25.8 Å². The van der Waals surface area contributed by atoms with Crippen LogP contribution in [0, 0.1) is 5.41 Å². The number of carbonyl (C=O) groups excluding carboxylic acids is 1. The summed E-state index contributed by atoms with van der Waals surface area (Å²) in [4.78, 5) is 12.8.